The highest BCUT2D eigenvalue weighted by Crippen LogP contribution is 2.43. The fourth-order valence-electron chi connectivity index (χ4n) is 4.58. The molecule has 2 unspecified atom stereocenters. The van der Waals surface area contributed by atoms with Crippen molar-refractivity contribution in [2.45, 2.75) is 83.8 Å². The summed E-state index contributed by atoms with van der Waals surface area (Å²) in [4.78, 5) is 24.5. The van der Waals surface area contributed by atoms with Gasteiger partial charge in [-0.25, -0.2) is 0 Å². The summed E-state index contributed by atoms with van der Waals surface area (Å²) >= 11 is 0. The number of carbonyl (C=O) groups is 2. The fourth-order valence-corrected chi connectivity index (χ4v) is 4.58. The summed E-state index contributed by atoms with van der Waals surface area (Å²) in [5, 5.41) is 0. The minimum absolute atomic E-state index is 0.110. The standard InChI is InChI=1S/C22H36O5/c1-15-8-6-9-16(20(23)25-4)10-7-11-18(21(24)26-5)19-14-17(13-12-15)22(2,3)27-19/h8,16-19H,6-7,9-14H2,1-5H3/b15-8-/t16?,17?,18-,19-/m0/s1. The molecule has 1 saturated heterocycles. The Morgan fingerprint density at radius 2 is 1.78 bits per heavy atom. The van der Waals surface area contributed by atoms with Crippen molar-refractivity contribution in [3.63, 3.8) is 0 Å². The summed E-state index contributed by atoms with van der Waals surface area (Å²) in [5.41, 5.74) is 1.13. The molecule has 2 bridgehead atoms. The van der Waals surface area contributed by atoms with Crippen LogP contribution in [0.5, 0.6) is 0 Å². The number of carbonyl (C=O) groups excluding carboxylic acids is 2. The van der Waals surface area contributed by atoms with Gasteiger partial charge in [0, 0.05) is 0 Å². The van der Waals surface area contributed by atoms with Crippen molar-refractivity contribution in [1.29, 1.82) is 0 Å². The predicted molar refractivity (Wildman–Crippen MR) is 104 cm³/mol. The lowest BCUT2D eigenvalue weighted by Gasteiger charge is -2.27. The van der Waals surface area contributed by atoms with Gasteiger partial charge in [0.1, 0.15) is 0 Å². The van der Waals surface area contributed by atoms with E-state index in [0.717, 1.165) is 44.9 Å². The zero-order valence-corrected chi connectivity index (χ0v) is 17.6. The predicted octanol–water partition coefficient (Wildman–Crippen LogP) is 4.44. The number of fused-ring (bicyclic) bond motifs is 2. The Balaban J connectivity index is 2.20. The van der Waals surface area contributed by atoms with Crippen molar-refractivity contribution < 1.29 is 23.8 Å². The Morgan fingerprint density at radius 1 is 1.07 bits per heavy atom. The molecular weight excluding hydrogens is 344 g/mol. The number of methoxy groups -OCH3 is 2. The van der Waals surface area contributed by atoms with Gasteiger partial charge in [0.25, 0.3) is 0 Å². The van der Waals surface area contributed by atoms with Crippen LogP contribution in [0.25, 0.3) is 0 Å². The number of hydrogen-bond donors (Lipinski definition) is 0. The molecule has 0 N–H and O–H groups in total. The maximum Gasteiger partial charge on any atom is 0.311 e. The molecule has 0 aromatic carbocycles. The number of hydrogen-bond acceptors (Lipinski definition) is 5. The molecule has 154 valence electrons. The number of rotatable bonds is 2. The monoisotopic (exact) mass is 380 g/mol. The molecule has 1 fully saturated rings. The van der Waals surface area contributed by atoms with Crippen molar-refractivity contribution >= 4 is 11.9 Å². The molecular formula is C22H36O5. The van der Waals surface area contributed by atoms with Crippen molar-refractivity contribution in [2.75, 3.05) is 14.2 Å². The molecule has 4 atom stereocenters. The lowest BCUT2D eigenvalue weighted by Crippen LogP contribution is -2.32. The van der Waals surface area contributed by atoms with Crippen molar-refractivity contribution in [3.8, 4) is 0 Å². The van der Waals surface area contributed by atoms with E-state index in [-0.39, 0.29) is 35.5 Å². The topological polar surface area (TPSA) is 61.8 Å². The summed E-state index contributed by atoms with van der Waals surface area (Å²) in [7, 11) is 2.89. The Morgan fingerprint density at radius 3 is 2.44 bits per heavy atom. The third-order valence-electron chi connectivity index (χ3n) is 6.41. The second kappa shape index (κ2) is 9.72. The maximum atomic E-state index is 12.4. The van der Waals surface area contributed by atoms with E-state index in [0.29, 0.717) is 12.3 Å². The van der Waals surface area contributed by atoms with E-state index in [1.165, 1.54) is 19.8 Å². The molecule has 0 aromatic rings. The molecule has 27 heavy (non-hydrogen) atoms. The van der Waals surface area contributed by atoms with Gasteiger partial charge >= 0.3 is 11.9 Å². The highest BCUT2D eigenvalue weighted by molar-refractivity contribution is 5.73. The molecule has 0 aromatic heterocycles. The van der Waals surface area contributed by atoms with Gasteiger partial charge in [-0.15, -0.1) is 0 Å². The average Bonchev–Trinajstić information content (AvgIpc) is 2.94. The third kappa shape index (κ3) is 5.81. The molecule has 1 heterocycles. The van der Waals surface area contributed by atoms with Crippen LogP contribution in [-0.2, 0) is 23.8 Å². The molecule has 1 aliphatic heterocycles. The lowest BCUT2D eigenvalue weighted by atomic mass is 9.82. The summed E-state index contributed by atoms with van der Waals surface area (Å²) in [6, 6.07) is 0. The molecule has 0 amide bonds. The van der Waals surface area contributed by atoms with E-state index in [4.69, 9.17) is 14.2 Å². The van der Waals surface area contributed by atoms with E-state index >= 15 is 0 Å². The largest absolute Gasteiger partial charge is 0.469 e. The van der Waals surface area contributed by atoms with Crippen LogP contribution in [0.3, 0.4) is 0 Å². The molecule has 1 aliphatic carbocycles. The first-order chi connectivity index (χ1) is 12.8. The van der Waals surface area contributed by atoms with Crippen molar-refractivity contribution in [2.24, 2.45) is 17.8 Å². The normalized spacial score (nSPS) is 34.0. The Kier molecular flexibility index (Phi) is 7.90. The van der Waals surface area contributed by atoms with Crippen molar-refractivity contribution in [3.05, 3.63) is 11.6 Å². The van der Waals surface area contributed by atoms with E-state index in [9.17, 15) is 9.59 Å². The Hall–Kier alpha value is -1.36. The fraction of sp³-hybridized carbons (Fsp3) is 0.818. The smallest absolute Gasteiger partial charge is 0.311 e. The summed E-state index contributed by atoms with van der Waals surface area (Å²) in [6.07, 6.45) is 9.00. The first kappa shape index (κ1) is 21.9. The van der Waals surface area contributed by atoms with E-state index < -0.39 is 0 Å². The van der Waals surface area contributed by atoms with Gasteiger partial charge in [-0.2, -0.15) is 0 Å². The van der Waals surface area contributed by atoms with Gasteiger partial charge in [0.15, 0.2) is 0 Å². The zero-order chi connectivity index (χ0) is 20.0. The second-order valence-corrected chi connectivity index (χ2v) is 8.64. The van der Waals surface area contributed by atoms with Crippen molar-refractivity contribution in [1.82, 2.24) is 0 Å². The van der Waals surface area contributed by atoms with Crippen LogP contribution in [0.2, 0.25) is 0 Å². The van der Waals surface area contributed by atoms with Gasteiger partial charge in [-0.05, 0) is 71.6 Å². The van der Waals surface area contributed by atoms with Gasteiger partial charge in [0.2, 0.25) is 0 Å². The molecule has 0 radical (unpaired) electrons. The molecule has 0 saturated carbocycles. The number of esters is 2. The van der Waals surface area contributed by atoms with Crippen LogP contribution < -0.4 is 0 Å². The van der Waals surface area contributed by atoms with E-state index in [2.05, 4.69) is 26.8 Å². The second-order valence-electron chi connectivity index (χ2n) is 8.64. The van der Waals surface area contributed by atoms with E-state index in [1.807, 2.05) is 0 Å². The molecule has 5 heteroatoms. The number of ether oxygens (including phenoxy) is 3. The van der Waals surface area contributed by atoms with Gasteiger partial charge < -0.3 is 14.2 Å². The maximum absolute atomic E-state index is 12.4. The lowest BCUT2D eigenvalue weighted by molar-refractivity contribution is -0.153. The van der Waals surface area contributed by atoms with Crippen LogP contribution in [-0.4, -0.2) is 37.9 Å². The Bertz CT molecular complexity index is 551. The van der Waals surface area contributed by atoms with Crippen LogP contribution >= 0.6 is 0 Å². The van der Waals surface area contributed by atoms with Crippen LogP contribution in [0, 0.1) is 17.8 Å². The molecule has 0 spiro atoms. The van der Waals surface area contributed by atoms with Gasteiger partial charge in [-0.3, -0.25) is 9.59 Å². The third-order valence-corrected chi connectivity index (χ3v) is 6.41. The van der Waals surface area contributed by atoms with Gasteiger partial charge in [0.05, 0.1) is 37.8 Å². The van der Waals surface area contributed by atoms with E-state index in [1.54, 1.807) is 0 Å². The first-order valence-corrected chi connectivity index (χ1v) is 10.3. The zero-order valence-electron chi connectivity index (χ0n) is 17.6. The van der Waals surface area contributed by atoms with Crippen LogP contribution in [0.4, 0.5) is 0 Å². The SMILES string of the molecule is COC(=O)C1CC/C=C(/C)CCC2C[C@H](OC2(C)C)[C@@H](C(=O)OC)CCC1. The van der Waals surface area contributed by atoms with Gasteiger partial charge in [-0.1, -0.05) is 18.1 Å². The minimum atomic E-state index is -0.267. The summed E-state index contributed by atoms with van der Waals surface area (Å²) < 4.78 is 16.4. The van der Waals surface area contributed by atoms with Crippen LogP contribution in [0.15, 0.2) is 11.6 Å². The molecule has 2 rings (SSSR count). The minimum Gasteiger partial charge on any atom is -0.469 e. The summed E-state index contributed by atoms with van der Waals surface area (Å²) in [5.74, 6) is -0.301. The molecule has 2 aliphatic rings. The highest BCUT2D eigenvalue weighted by Gasteiger charge is 2.46. The molecule has 5 nitrogen and oxygen atoms in total. The Labute approximate surface area is 163 Å². The summed E-state index contributed by atoms with van der Waals surface area (Å²) in [6.45, 7) is 6.43. The average molecular weight is 381 g/mol. The van der Waals surface area contributed by atoms with Crippen LogP contribution in [0.1, 0.15) is 72.1 Å². The highest BCUT2D eigenvalue weighted by atomic mass is 16.5. The first-order valence-electron chi connectivity index (χ1n) is 10.3. The number of allylic oxidation sites excluding steroid dienone is 2. The quantitative estimate of drug-likeness (QED) is 0.523.